The summed E-state index contributed by atoms with van der Waals surface area (Å²) in [5.74, 6) is 0.162. The molecule has 0 fully saturated rings. The van der Waals surface area contributed by atoms with Crippen LogP contribution in [0.4, 0.5) is 8.78 Å². The zero-order chi connectivity index (χ0) is 16.7. The first-order chi connectivity index (χ1) is 11.6. The number of ether oxygens (including phenoxy) is 1. The van der Waals surface area contributed by atoms with Crippen molar-refractivity contribution in [2.75, 3.05) is 6.54 Å². The van der Waals surface area contributed by atoms with Crippen LogP contribution in [0.15, 0.2) is 42.6 Å². The molecule has 1 aliphatic heterocycles. The van der Waals surface area contributed by atoms with Gasteiger partial charge in [0.25, 0.3) is 0 Å². The van der Waals surface area contributed by atoms with Crippen molar-refractivity contribution in [1.29, 1.82) is 0 Å². The molecule has 0 bridgehead atoms. The number of nitrogens with one attached hydrogen (secondary N) is 1. The van der Waals surface area contributed by atoms with E-state index in [0.717, 1.165) is 23.5 Å². The number of pyridine rings is 1. The average Bonchev–Trinajstić information content (AvgIpc) is 2.93. The van der Waals surface area contributed by atoms with Gasteiger partial charge in [-0.3, -0.25) is 0 Å². The third kappa shape index (κ3) is 2.61. The zero-order valence-electron chi connectivity index (χ0n) is 12.5. The summed E-state index contributed by atoms with van der Waals surface area (Å²) >= 11 is 6.12. The van der Waals surface area contributed by atoms with Crippen molar-refractivity contribution in [3.05, 3.63) is 64.6 Å². The number of halogens is 3. The summed E-state index contributed by atoms with van der Waals surface area (Å²) in [6.07, 6.45) is 2.56. The fourth-order valence-electron chi connectivity index (χ4n) is 3.19. The maximum absolute atomic E-state index is 12.7. The lowest BCUT2D eigenvalue weighted by atomic mass is 9.97. The largest absolute Gasteiger partial charge is 0.434 e. The van der Waals surface area contributed by atoms with Crippen LogP contribution in [-0.2, 0) is 6.42 Å². The topological polar surface area (TPSA) is 38.6 Å². The molecule has 0 saturated heterocycles. The SMILES string of the molecule is FC(F)Oc1ccccc1C1NCCc2nc3ccc(Cl)cn3c21. The highest BCUT2D eigenvalue weighted by molar-refractivity contribution is 6.30. The molecule has 0 saturated carbocycles. The summed E-state index contributed by atoms with van der Waals surface area (Å²) in [7, 11) is 0. The fraction of sp³-hybridized carbons (Fsp3) is 0.235. The molecule has 1 atom stereocenters. The van der Waals surface area contributed by atoms with Crippen LogP contribution >= 0.6 is 11.6 Å². The van der Waals surface area contributed by atoms with Crippen molar-refractivity contribution in [3.8, 4) is 5.75 Å². The van der Waals surface area contributed by atoms with Gasteiger partial charge in [-0.25, -0.2) is 4.98 Å². The third-order valence-corrected chi connectivity index (χ3v) is 4.35. The maximum atomic E-state index is 12.7. The zero-order valence-corrected chi connectivity index (χ0v) is 13.3. The van der Waals surface area contributed by atoms with Gasteiger partial charge in [-0.2, -0.15) is 8.78 Å². The molecular formula is C17H14ClF2N3O. The van der Waals surface area contributed by atoms with Crippen molar-refractivity contribution in [2.45, 2.75) is 19.1 Å². The van der Waals surface area contributed by atoms with Gasteiger partial charge in [-0.05, 0) is 18.2 Å². The molecule has 4 nitrogen and oxygen atoms in total. The van der Waals surface area contributed by atoms with Crippen molar-refractivity contribution < 1.29 is 13.5 Å². The fourth-order valence-corrected chi connectivity index (χ4v) is 3.35. The van der Waals surface area contributed by atoms with Crippen molar-refractivity contribution >= 4 is 17.2 Å². The number of fused-ring (bicyclic) bond motifs is 3. The van der Waals surface area contributed by atoms with E-state index < -0.39 is 6.61 Å². The number of para-hydroxylation sites is 1. The van der Waals surface area contributed by atoms with Crippen molar-refractivity contribution in [1.82, 2.24) is 14.7 Å². The highest BCUT2D eigenvalue weighted by Gasteiger charge is 2.29. The van der Waals surface area contributed by atoms with Crippen LogP contribution in [-0.4, -0.2) is 22.5 Å². The summed E-state index contributed by atoms with van der Waals surface area (Å²) in [5, 5.41) is 3.96. The minimum absolute atomic E-state index is 0.162. The number of imidazole rings is 1. The number of benzene rings is 1. The first-order valence-electron chi connectivity index (χ1n) is 7.57. The Morgan fingerprint density at radius 1 is 1.25 bits per heavy atom. The molecule has 1 aromatic carbocycles. The molecule has 0 radical (unpaired) electrons. The quantitative estimate of drug-likeness (QED) is 0.781. The average molecular weight is 350 g/mol. The Labute approximate surface area is 142 Å². The maximum Gasteiger partial charge on any atom is 0.387 e. The standard InChI is InChI=1S/C17H14ClF2N3O/c18-10-5-6-14-22-12-7-8-21-15(16(12)23(14)9-10)11-3-1-2-4-13(11)24-17(19)20/h1-6,9,15,17,21H,7-8H2. The van der Waals surface area contributed by atoms with E-state index in [1.165, 1.54) is 0 Å². The normalized spacial score (nSPS) is 17.2. The number of alkyl halides is 2. The van der Waals surface area contributed by atoms with Gasteiger partial charge in [-0.15, -0.1) is 0 Å². The lowest BCUT2D eigenvalue weighted by Gasteiger charge is -2.26. The lowest BCUT2D eigenvalue weighted by molar-refractivity contribution is -0.0506. The summed E-state index contributed by atoms with van der Waals surface area (Å²) in [5.41, 5.74) is 3.28. The van der Waals surface area contributed by atoms with E-state index >= 15 is 0 Å². The summed E-state index contributed by atoms with van der Waals surface area (Å²) in [6.45, 7) is -2.16. The predicted molar refractivity (Wildman–Crippen MR) is 86.8 cm³/mol. The Morgan fingerprint density at radius 3 is 2.92 bits per heavy atom. The molecule has 0 aliphatic carbocycles. The third-order valence-electron chi connectivity index (χ3n) is 4.13. The molecule has 1 N–H and O–H groups in total. The Balaban J connectivity index is 1.88. The van der Waals surface area contributed by atoms with E-state index in [4.69, 9.17) is 16.3 Å². The van der Waals surface area contributed by atoms with E-state index in [2.05, 4.69) is 10.3 Å². The molecule has 2 aromatic heterocycles. The second kappa shape index (κ2) is 6.03. The first kappa shape index (κ1) is 15.4. The van der Waals surface area contributed by atoms with Gasteiger partial charge < -0.3 is 14.5 Å². The Hall–Kier alpha value is -2.18. The van der Waals surface area contributed by atoms with Crippen LogP contribution in [0.2, 0.25) is 5.02 Å². The molecule has 3 heterocycles. The van der Waals surface area contributed by atoms with Crippen LogP contribution < -0.4 is 10.1 Å². The smallest absolute Gasteiger partial charge is 0.387 e. The molecule has 0 spiro atoms. The van der Waals surface area contributed by atoms with Gasteiger partial charge in [0.05, 0.1) is 22.5 Å². The van der Waals surface area contributed by atoms with Gasteiger partial charge >= 0.3 is 6.61 Å². The number of hydrogen-bond acceptors (Lipinski definition) is 3. The molecule has 1 unspecified atom stereocenters. The summed E-state index contributed by atoms with van der Waals surface area (Å²) < 4.78 is 32.1. The first-order valence-corrected chi connectivity index (χ1v) is 7.95. The minimum atomic E-state index is -2.87. The summed E-state index contributed by atoms with van der Waals surface area (Å²) in [4.78, 5) is 4.64. The van der Waals surface area contributed by atoms with Crippen LogP contribution in [0.1, 0.15) is 23.0 Å². The second-order valence-electron chi connectivity index (χ2n) is 5.57. The van der Waals surface area contributed by atoms with Gasteiger partial charge in [0, 0.05) is 24.7 Å². The molecule has 4 rings (SSSR count). The van der Waals surface area contributed by atoms with Gasteiger partial charge in [0.1, 0.15) is 11.4 Å². The van der Waals surface area contributed by atoms with Gasteiger partial charge in [-0.1, -0.05) is 29.8 Å². The van der Waals surface area contributed by atoms with Crippen LogP contribution in [0.3, 0.4) is 0 Å². The van der Waals surface area contributed by atoms with E-state index in [-0.39, 0.29) is 11.8 Å². The number of rotatable bonds is 3. The van der Waals surface area contributed by atoms with Crippen molar-refractivity contribution in [3.63, 3.8) is 0 Å². The van der Waals surface area contributed by atoms with Gasteiger partial charge in [0.2, 0.25) is 0 Å². The Kier molecular flexibility index (Phi) is 3.86. The molecular weight excluding hydrogens is 336 g/mol. The molecule has 24 heavy (non-hydrogen) atoms. The lowest BCUT2D eigenvalue weighted by Crippen LogP contribution is -2.31. The van der Waals surface area contributed by atoms with E-state index in [9.17, 15) is 8.78 Å². The molecule has 1 aliphatic rings. The van der Waals surface area contributed by atoms with Crippen molar-refractivity contribution in [2.24, 2.45) is 0 Å². The summed E-state index contributed by atoms with van der Waals surface area (Å²) in [6, 6.07) is 10.2. The number of aromatic nitrogens is 2. The van der Waals surface area contributed by atoms with Crippen LogP contribution in [0, 0.1) is 0 Å². The van der Waals surface area contributed by atoms with E-state index in [1.54, 1.807) is 36.5 Å². The molecule has 124 valence electrons. The van der Waals surface area contributed by atoms with E-state index in [0.29, 0.717) is 17.1 Å². The van der Waals surface area contributed by atoms with Crippen LogP contribution in [0.5, 0.6) is 5.75 Å². The highest BCUT2D eigenvalue weighted by Crippen LogP contribution is 2.35. The molecule has 0 amide bonds. The highest BCUT2D eigenvalue weighted by atomic mass is 35.5. The monoisotopic (exact) mass is 349 g/mol. The number of hydrogen-bond donors (Lipinski definition) is 1. The van der Waals surface area contributed by atoms with E-state index in [1.807, 2.05) is 10.5 Å². The minimum Gasteiger partial charge on any atom is -0.434 e. The Morgan fingerprint density at radius 2 is 2.08 bits per heavy atom. The van der Waals surface area contributed by atoms with Gasteiger partial charge in [0.15, 0.2) is 0 Å². The molecule has 7 heteroatoms. The Bertz CT molecular complexity index is 897. The number of nitrogens with zero attached hydrogens (tertiary/aromatic N) is 2. The van der Waals surface area contributed by atoms with Crippen LogP contribution in [0.25, 0.3) is 5.65 Å². The molecule has 3 aromatic rings. The second-order valence-corrected chi connectivity index (χ2v) is 6.01. The predicted octanol–water partition coefficient (Wildman–Crippen LogP) is 3.82.